The lowest BCUT2D eigenvalue weighted by Crippen LogP contribution is -2.12. The Morgan fingerprint density at radius 1 is 1.50 bits per heavy atom. The van der Waals surface area contributed by atoms with Gasteiger partial charge >= 0.3 is 0 Å². The topological polar surface area (TPSA) is 46.2 Å². The maximum atomic E-state index is 9.13. The summed E-state index contributed by atoms with van der Waals surface area (Å²) in [7, 11) is 0. The van der Waals surface area contributed by atoms with E-state index < -0.39 is 0 Å². The Morgan fingerprint density at radius 3 is 2.70 bits per heavy atom. The van der Waals surface area contributed by atoms with E-state index >= 15 is 0 Å². The standard InChI is InChI=1S/C8H15NO/c1-2-3-4-5-8(10)6-7-9/h8,10H,4-7,9H2,1H3. The molecule has 0 radical (unpaired) electrons. The largest absolute Gasteiger partial charge is 0.393 e. The highest BCUT2D eigenvalue weighted by Crippen LogP contribution is 1.98. The zero-order valence-electron chi connectivity index (χ0n) is 6.43. The third-order valence-electron chi connectivity index (χ3n) is 1.28. The van der Waals surface area contributed by atoms with Crippen LogP contribution in [0, 0.1) is 11.8 Å². The summed E-state index contributed by atoms with van der Waals surface area (Å²) in [5, 5.41) is 9.13. The smallest absolute Gasteiger partial charge is 0.0561 e. The van der Waals surface area contributed by atoms with Gasteiger partial charge in [0, 0.05) is 6.42 Å². The molecule has 1 atom stereocenters. The van der Waals surface area contributed by atoms with Gasteiger partial charge in [-0.3, -0.25) is 0 Å². The van der Waals surface area contributed by atoms with E-state index in [9.17, 15) is 0 Å². The Bertz CT molecular complexity index is 123. The summed E-state index contributed by atoms with van der Waals surface area (Å²) < 4.78 is 0. The van der Waals surface area contributed by atoms with Crippen LogP contribution < -0.4 is 5.73 Å². The normalized spacial score (nSPS) is 11.9. The molecule has 1 unspecified atom stereocenters. The van der Waals surface area contributed by atoms with Crippen LogP contribution in [0.1, 0.15) is 26.2 Å². The average molecular weight is 141 g/mol. The summed E-state index contributed by atoms with van der Waals surface area (Å²) in [6, 6.07) is 0. The van der Waals surface area contributed by atoms with Crippen LogP contribution in [0.4, 0.5) is 0 Å². The zero-order chi connectivity index (χ0) is 7.82. The van der Waals surface area contributed by atoms with Gasteiger partial charge in [-0.2, -0.15) is 0 Å². The molecule has 2 heteroatoms. The van der Waals surface area contributed by atoms with E-state index in [0.717, 1.165) is 12.8 Å². The Balaban J connectivity index is 3.18. The minimum Gasteiger partial charge on any atom is -0.393 e. The first-order valence-electron chi connectivity index (χ1n) is 3.59. The molecule has 2 nitrogen and oxygen atoms in total. The highest BCUT2D eigenvalue weighted by atomic mass is 16.3. The van der Waals surface area contributed by atoms with E-state index in [1.165, 1.54) is 0 Å². The molecule has 0 aromatic rings. The van der Waals surface area contributed by atoms with Crippen molar-refractivity contribution in [2.24, 2.45) is 5.73 Å². The molecule has 0 aliphatic heterocycles. The molecule has 0 rings (SSSR count). The molecule has 0 aromatic carbocycles. The molecular weight excluding hydrogens is 126 g/mol. The van der Waals surface area contributed by atoms with Gasteiger partial charge < -0.3 is 10.8 Å². The molecule has 0 saturated heterocycles. The first-order chi connectivity index (χ1) is 4.81. The maximum absolute atomic E-state index is 9.13. The molecule has 0 saturated carbocycles. The van der Waals surface area contributed by atoms with Crippen molar-refractivity contribution < 1.29 is 5.11 Å². The maximum Gasteiger partial charge on any atom is 0.0561 e. The van der Waals surface area contributed by atoms with E-state index in [1.807, 2.05) is 0 Å². The van der Waals surface area contributed by atoms with Crippen LogP contribution in [0.15, 0.2) is 0 Å². The van der Waals surface area contributed by atoms with E-state index in [0.29, 0.717) is 13.0 Å². The Morgan fingerprint density at radius 2 is 2.20 bits per heavy atom. The van der Waals surface area contributed by atoms with Crippen LogP contribution in [-0.2, 0) is 0 Å². The third kappa shape index (κ3) is 5.61. The van der Waals surface area contributed by atoms with Crippen LogP contribution in [0.2, 0.25) is 0 Å². The van der Waals surface area contributed by atoms with E-state index in [2.05, 4.69) is 11.8 Å². The lowest BCUT2D eigenvalue weighted by Gasteiger charge is -2.04. The van der Waals surface area contributed by atoms with E-state index in [-0.39, 0.29) is 6.10 Å². The van der Waals surface area contributed by atoms with Crippen molar-refractivity contribution in [2.75, 3.05) is 6.54 Å². The summed E-state index contributed by atoms with van der Waals surface area (Å²) in [5.74, 6) is 5.66. The number of hydrogen-bond donors (Lipinski definition) is 2. The van der Waals surface area contributed by atoms with Gasteiger partial charge in [0.25, 0.3) is 0 Å². The van der Waals surface area contributed by atoms with Crippen molar-refractivity contribution in [3.63, 3.8) is 0 Å². The van der Waals surface area contributed by atoms with Gasteiger partial charge in [0.05, 0.1) is 6.10 Å². The molecule has 0 aliphatic rings. The lowest BCUT2D eigenvalue weighted by molar-refractivity contribution is 0.159. The van der Waals surface area contributed by atoms with E-state index in [4.69, 9.17) is 10.8 Å². The fourth-order valence-corrected chi connectivity index (χ4v) is 0.701. The fourth-order valence-electron chi connectivity index (χ4n) is 0.701. The zero-order valence-corrected chi connectivity index (χ0v) is 6.43. The second kappa shape index (κ2) is 6.60. The van der Waals surface area contributed by atoms with Gasteiger partial charge in [-0.25, -0.2) is 0 Å². The van der Waals surface area contributed by atoms with Gasteiger partial charge in [0.1, 0.15) is 0 Å². The van der Waals surface area contributed by atoms with Crippen LogP contribution >= 0.6 is 0 Å². The summed E-state index contributed by atoms with van der Waals surface area (Å²) >= 11 is 0. The number of nitrogens with two attached hydrogens (primary N) is 1. The van der Waals surface area contributed by atoms with Crippen LogP contribution in [0.5, 0.6) is 0 Å². The number of hydrogen-bond acceptors (Lipinski definition) is 2. The second-order valence-corrected chi connectivity index (χ2v) is 2.20. The van der Waals surface area contributed by atoms with Crippen molar-refractivity contribution in [3.05, 3.63) is 0 Å². The first-order valence-corrected chi connectivity index (χ1v) is 3.59. The summed E-state index contributed by atoms with van der Waals surface area (Å²) in [6.45, 7) is 2.36. The lowest BCUT2D eigenvalue weighted by atomic mass is 10.1. The average Bonchev–Trinajstić information content (AvgIpc) is 1.89. The number of aliphatic hydroxyl groups is 1. The van der Waals surface area contributed by atoms with Crippen LogP contribution in [-0.4, -0.2) is 17.8 Å². The van der Waals surface area contributed by atoms with Crippen molar-refractivity contribution in [1.82, 2.24) is 0 Å². The molecule has 0 spiro atoms. The molecule has 58 valence electrons. The first kappa shape index (κ1) is 9.48. The van der Waals surface area contributed by atoms with Crippen molar-refractivity contribution in [2.45, 2.75) is 32.3 Å². The van der Waals surface area contributed by atoms with E-state index in [1.54, 1.807) is 6.92 Å². The summed E-state index contributed by atoms with van der Waals surface area (Å²) in [4.78, 5) is 0. The second-order valence-electron chi connectivity index (χ2n) is 2.20. The van der Waals surface area contributed by atoms with Gasteiger partial charge in [0.2, 0.25) is 0 Å². The molecule has 0 heterocycles. The van der Waals surface area contributed by atoms with Crippen molar-refractivity contribution >= 4 is 0 Å². The Hall–Kier alpha value is -0.520. The van der Waals surface area contributed by atoms with Crippen LogP contribution in [0.25, 0.3) is 0 Å². The molecule has 0 bridgehead atoms. The predicted molar refractivity (Wildman–Crippen MR) is 42.4 cm³/mol. The van der Waals surface area contributed by atoms with Gasteiger partial charge in [0.15, 0.2) is 0 Å². The van der Waals surface area contributed by atoms with Gasteiger partial charge in [-0.05, 0) is 26.3 Å². The fraction of sp³-hybridized carbons (Fsp3) is 0.750. The highest BCUT2D eigenvalue weighted by molar-refractivity contribution is 4.94. The number of aliphatic hydroxyl groups excluding tert-OH is 1. The molecule has 10 heavy (non-hydrogen) atoms. The molecule has 0 amide bonds. The van der Waals surface area contributed by atoms with Gasteiger partial charge in [-0.1, -0.05) is 0 Å². The monoisotopic (exact) mass is 141 g/mol. The van der Waals surface area contributed by atoms with Crippen LogP contribution in [0.3, 0.4) is 0 Å². The predicted octanol–water partition coefficient (Wildman–Crippen LogP) is 0.500. The van der Waals surface area contributed by atoms with Crippen molar-refractivity contribution in [3.8, 4) is 11.8 Å². The highest BCUT2D eigenvalue weighted by Gasteiger charge is 1.99. The molecule has 0 aliphatic carbocycles. The minimum atomic E-state index is -0.258. The number of rotatable bonds is 4. The quantitative estimate of drug-likeness (QED) is 0.560. The molecule has 3 N–H and O–H groups in total. The Labute approximate surface area is 62.4 Å². The molecule has 0 aromatic heterocycles. The Kier molecular flexibility index (Phi) is 6.25. The van der Waals surface area contributed by atoms with Crippen molar-refractivity contribution in [1.29, 1.82) is 0 Å². The third-order valence-corrected chi connectivity index (χ3v) is 1.28. The molecular formula is C8H15NO. The summed E-state index contributed by atoms with van der Waals surface area (Å²) in [6.07, 6.45) is 1.95. The molecule has 0 fully saturated rings. The van der Waals surface area contributed by atoms with Gasteiger partial charge in [-0.15, -0.1) is 11.8 Å². The summed E-state index contributed by atoms with van der Waals surface area (Å²) in [5.41, 5.74) is 5.24. The SMILES string of the molecule is CC#CCCC(O)CCN. The minimum absolute atomic E-state index is 0.258.